The Hall–Kier alpha value is -3.92. The van der Waals surface area contributed by atoms with Crippen LogP contribution >= 0.6 is 0 Å². The van der Waals surface area contributed by atoms with Crippen LogP contribution in [0.4, 0.5) is 0 Å². The van der Waals surface area contributed by atoms with Crippen LogP contribution in [0.5, 0.6) is 17.4 Å². The summed E-state index contributed by atoms with van der Waals surface area (Å²) in [4.78, 5) is 0. The molecule has 7 nitrogen and oxygen atoms in total. The Morgan fingerprint density at radius 2 is 1.79 bits per heavy atom. The van der Waals surface area contributed by atoms with Crippen LogP contribution in [-0.4, -0.2) is 23.0 Å². The third kappa shape index (κ3) is 4.12. The molecule has 170 valence electrons. The van der Waals surface area contributed by atoms with Crippen molar-refractivity contribution in [2.75, 3.05) is 13.2 Å². The lowest BCUT2D eigenvalue weighted by Gasteiger charge is -2.26. The number of ether oxygens (including phenoxy) is 3. The summed E-state index contributed by atoms with van der Waals surface area (Å²) in [6.45, 7) is 6.99. The van der Waals surface area contributed by atoms with Crippen molar-refractivity contribution in [3.05, 3.63) is 76.8 Å². The molecular weight excluding hydrogens is 416 g/mol. The van der Waals surface area contributed by atoms with Crippen molar-refractivity contribution in [1.29, 1.82) is 5.26 Å². The maximum Gasteiger partial charge on any atom is 0.229 e. The van der Waals surface area contributed by atoms with Crippen LogP contribution in [0.2, 0.25) is 0 Å². The zero-order valence-corrected chi connectivity index (χ0v) is 19.2. The van der Waals surface area contributed by atoms with Gasteiger partial charge < -0.3 is 19.9 Å². The summed E-state index contributed by atoms with van der Waals surface area (Å²) in [6, 6.07) is 17.8. The fourth-order valence-electron chi connectivity index (χ4n) is 4.16. The van der Waals surface area contributed by atoms with Crippen LogP contribution in [0.25, 0.3) is 5.69 Å². The van der Waals surface area contributed by atoms with Gasteiger partial charge in [-0.3, -0.25) is 0 Å². The summed E-state index contributed by atoms with van der Waals surface area (Å²) < 4.78 is 19.4. The average Bonchev–Trinajstić information content (AvgIpc) is 3.18. The van der Waals surface area contributed by atoms with Crippen molar-refractivity contribution in [2.45, 2.75) is 39.5 Å². The van der Waals surface area contributed by atoms with E-state index in [1.807, 2.05) is 62.4 Å². The zero-order chi connectivity index (χ0) is 23.4. The Kier molecular flexibility index (Phi) is 6.55. The van der Waals surface area contributed by atoms with E-state index in [4.69, 9.17) is 25.0 Å². The van der Waals surface area contributed by atoms with E-state index >= 15 is 0 Å². The first-order valence-electron chi connectivity index (χ1n) is 11.3. The minimum Gasteiger partial charge on any atom is -0.490 e. The smallest absolute Gasteiger partial charge is 0.229 e. The molecule has 1 aliphatic rings. The van der Waals surface area contributed by atoms with Gasteiger partial charge in [0.05, 0.1) is 36.1 Å². The number of nitrogens with zero attached hydrogens (tertiary/aromatic N) is 3. The Balaban J connectivity index is 1.94. The fraction of sp³-hybridized carbons (Fsp3) is 0.308. The van der Waals surface area contributed by atoms with Gasteiger partial charge in [-0.15, -0.1) is 0 Å². The Morgan fingerprint density at radius 3 is 2.45 bits per heavy atom. The van der Waals surface area contributed by atoms with E-state index in [2.05, 4.69) is 13.0 Å². The summed E-state index contributed by atoms with van der Waals surface area (Å²) in [5, 5.41) is 14.9. The van der Waals surface area contributed by atoms with E-state index in [1.54, 1.807) is 4.68 Å². The molecule has 0 saturated heterocycles. The second-order valence-electron chi connectivity index (χ2n) is 7.66. The molecule has 2 heterocycles. The molecule has 2 N–H and O–H groups in total. The van der Waals surface area contributed by atoms with Crippen molar-refractivity contribution in [3.8, 4) is 29.1 Å². The molecule has 33 heavy (non-hydrogen) atoms. The maximum atomic E-state index is 10.0. The highest BCUT2D eigenvalue weighted by Gasteiger charge is 2.37. The summed E-state index contributed by atoms with van der Waals surface area (Å²) in [7, 11) is 0. The summed E-state index contributed by atoms with van der Waals surface area (Å²) in [5.74, 6) is 1.50. The van der Waals surface area contributed by atoms with Gasteiger partial charge in [0.2, 0.25) is 11.8 Å². The number of hydrogen-bond acceptors (Lipinski definition) is 6. The molecule has 0 radical (unpaired) electrons. The summed E-state index contributed by atoms with van der Waals surface area (Å²) in [5.41, 5.74) is 10.1. The number of rotatable bonds is 8. The van der Waals surface area contributed by atoms with Gasteiger partial charge in [-0.05, 0) is 50.1 Å². The first-order chi connectivity index (χ1) is 16.1. The van der Waals surface area contributed by atoms with Gasteiger partial charge in [0.15, 0.2) is 11.5 Å². The van der Waals surface area contributed by atoms with Crippen molar-refractivity contribution in [1.82, 2.24) is 9.78 Å². The highest BCUT2D eigenvalue weighted by Crippen LogP contribution is 2.46. The van der Waals surface area contributed by atoms with Crippen LogP contribution in [-0.2, 0) is 6.42 Å². The Morgan fingerprint density at radius 1 is 1.06 bits per heavy atom. The molecular formula is C26H28N4O3. The highest BCUT2D eigenvalue weighted by atomic mass is 16.5. The number of aromatic nitrogens is 2. The molecule has 1 atom stereocenters. The lowest BCUT2D eigenvalue weighted by Crippen LogP contribution is -2.22. The van der Waals surface area contributed by atoms with E-state index in [0.29, 0.717) is 36.2 Å². The quantitative estimate of drug-likeness (QED) is 0.534. The van der Waals surface area contributed by atoms with Gasteiger partial charge in [0, 0.05) is 0 Å². The van der Waals surface area contributed by atoms with Gasteiger partial charge in [0.25, 0.3) is 0 Å². The predicted octanol–water partition coefficient (Wildman–Crippen LogP) is 4.84. The fourth-order valence-corrected chi connectivity index (χ4v) is 4.16. The van der Waals surface area contributed by atoms with Crippen molar-refractivity contribution < 1.29 is 14.2 Å². The number of para-hydroxylation sites is 1. The Labute approximate surface area is 194 Å². The first-order valence-corrected chi connectivity index (χ1v) is 11.3. The summed E-state index contributed by atoms with van der Waals surface area (Å²) in [6.07, 6.45) is 1.65. The van der Waals surface area contributed by atoms with E-state index in [1.165, 1.54) is 0 Å². The number of allylic oxidation sites excluding steroid dienone is 1. The minimum atomic E-state index is -0.423. The number of fused-ring (bicyclic) bond motifs is 1. The molecule has 1 aliphatic heterocycles. The molecule has 0 spiro atoms. The van der Waals surface area contributed by atoms with E-state index in [0.717, 1.165) is 35.3 Å². The van der Waals surface area contributed by atoms with Gasteiger partial charge in [-0.1, -0.05) is 37.6 Å². The van der Waals surface area contributed by atoms with Gasteiger partial charge in [-0.2, -0.15) is 10.4 Å². The topological polar surface area (TPSA) is 95.3 Å². The van der Waals surface area contributed by atoms with Gasteiger partial charge in [-0.25, -0.2) is 4.68 Å². The number of nitriles is 1. The molecule has 4 rings (SSSR count). The summed E-state index contributed by atoms with van der Waals surface area (Å²) >= 11 is 0. The van der Waals surface area contributed by atoms with Gasteiger partial charge in [0.1, 0.15) is 11.6 Å². The number of nitrogens with two attached hydrogens (primary N) is 1. The molecule has 0 amide bonds. The monoisotopic (exact) mass is 444 g/mol. The molecule has 3 aromatic rings. The highest BCUT2D eigenvalue weighted by molar-refractivity contribution is 5.59. The lowest BCUT2D eigenvalue weighted by atomic mass is 9.83. The van der Waals surface area contributed by atoms with Crippen LogP contribution in [0.15, 0.2) is 60.0 Å². The SMILES string of the molecule is CCCc1nn(-c2ccccc2)c2c1C(c1ccc(OCC)c(OCC)c1)C(C#N)=C(N)O2. The largest absolute Gasteiger partial charge is 0.490 e. The third-order valence-corrected chi connectivity index (χ3v) is 5.51. The maximum absolute atomic E-state index is 10.0. The molecule has 0 saturated carbocycles. The van der Waals surface area contributed by atoms with E-state index < -0.39 is 5.92 Å². The lowest BCUT2D eigenvalue weighted by molar-refractivity contribution is 0.287. The second-order valence-corrected chi connectivity index (χ2v) is 7.66. The zero-order valence-electron chi connectivity index (χ0n) is 19.2. The second kappa shape index (κ2) is 9.70. The standard InChI is InChI=1S/C26H28N4O3/c1-4-10-20-24-23(17-13-14-21(31-5-2)22(15-17)32-6-3)19(16-27)25(28)33-26(24)30(29-20)18-11-8-7-9-12-18/h7-9,11-15,23H,4-6,10,28H2,1-3H3. The van der Waals surface area contributed by atoms with Crippen LogP contribution in [0.3, 0.4) is 0 Å². The molecule has 1 aromatic heterocycles. The molecule has 0 aliphatic carbocycles. The minimum absolute atomic E-state index is 0.0852. The van der Waals surface area contributed by atoms with Crippen LogP contribution in [0.1, 0.15) is 49.9 Å². The third-order valence-electron chi connectivity index (χ3n) is 5.51. The predicted molar refractivity (Wildman–Crippen MR) is 126 cm³/mol. The number of aryl methyl sites for hydroxylation is 1. The molecule has 0 bridgehead atoms. The van der Waals surface area contributed by atoms with Crippen molar-refractivity contribution in [3.63, 3.8) is 0 Å². The van der Waals surface area contributed by atoms with Crippen LogP contribution in [0, 0.1) is 11.3 Å². The van der Waals surface area contributed by atoms with Crippen LogP contribution < -0.4 is 19.9 Å². The molecule has 2 aromatic carbocycles. The van der Waals surface area contributed by atoms with E-state index in [9.17, 15) is 5.26 Å². The average molecular weight is 445 g/mol. The van der Waals surface area contributed by atoms with Crippen molar-refractivity contribution in [2.24, 2.45) is 5.73 Å². The normalized spacial score (nSPS) is 14.9. The number of hydrogen-bond donors (Lipinski definition) is 1. The molecule has 0 fully saturated rings. The molecule has 7 heteroatoms. The van der Waals surface area contributed by atoms with E-state index in [-0.39, 0.29) is 5.88 Å². The van der Waals surface area contributed by atoms with Crippen molar-refractivity contribution >= 4 is 0 Å². The molecule has 1 unspecified atom stereocenters. The number of benzene rings is 2. The first kappa shape index (κ1) is 22.3. The van der Waals surface area contributed by atoms with Gasteiger partial charge >= 0.3 is 0 Å². The Bertz CT molecular complexity index is 1210.